The van der Waals surface area contributed by atoms with Crippen LogP contribution in [0.25, 0.3) is 0 Å². The highest BCUT2D eigenvalue weighted by molar-refractivity contribution is 4.76. The van der Waals surface area contributed by atoms with Crippen LogP contribution in [0.1, 0.15) is 78.6 Å². The van der Waals surface area contributed by atoms with Crippen LogP contribution in [-0.4, -0.2) is 23.4 Å². The van der Waals surface area contributed by atoms with Gasteiger partial charge in [0, 0.05) is 0 Å². The molecule has 3 atom stereocenters. The lowest BCUT2D eigenvalue weighted by Crippen LogP contribution is -2.31. The van der Waals surface area contributed by atoms with Crippen molar-refractivity contribution in [3.8, 4) is 0 Å². The van der Waals surface area contributed by atoms with E-state index >= 15 is 0 Å². The highest BCUT2D eigenvalue weighted by Gasteiger charge is 2.25. The monoisotopic (exact) mass is 256 g/mol. The van der Waals surface area contributed by atoms with Gasteiger partial charge in [0.2, 0.25) is 0 Å². The molecule has 1 saturated carbocycles. The standard InChI is InChI=1S/C16H32O2/c1-4-5-11-16(15-9-7-6-8-10-15)18-14(3)12-13(2)17/h13-17H,4-12H2,1-3H3/t13-,14-,16-/m1/s1. The molecule has 0 aromatic heterocycles. The van der Waals surface area contributed by atoms with Gasteiger partial charge in [-0.15, -0.1) is 0 Å². The summed E-state index contributed by atoms with van der Waals surface area (Å²) in [7, 11) is 0. The summed E-state index contributed by atoms with van der Waals surface area (Å²) >= 11 is 0. The van der Waals surface area contributed by atoms with Gasteiger partial charge in [-0.3, -0.25) is 0 Å². The Morgan fingerprint density at radius 2 is 1.83 bits per heavy atom. The number of ether oxygens (including phenoxy) is 1. The summed E-state index contributed by atoms with van der Waals surface area (Å²) in [5.41, 5.74) is 0. The lowest BCUT2D eigenvalue weighted by atomic mass is 9.83. The molecule has 0 bridgehead atoms. The molecule has 0 aliphatic heterocycles. The first-order valence-corrected chi connectivity index (χ1v) is 7.97. The number of unbranched alkanes of at least 4 members (excludes halogenated alkanes) is 1. The fourth-order valence-electron chi connectivity index (χ4n) is 3.16. The molecule has 0 saturated heterocycles. The molecule has 0 heterocycles. The van der Waals surface area contributed by atoms with Crippen LogP contribution in [0.3, 0.4) is 0 Å². The smallest absolute Gasteiger partial charge is 0.0606 e. The summed E-state index contributed by atoms with van der Waals surface area (Å²) < 4.78 is 6.24. The van der Waals surface area contributed by atoms with Crippen molar-refractivity contribution in [2.45, 2.75) is 96.9 Å². The second-order valence-electron chi connectivity index (χ2n) is 6.11. The highest BCUT2D eigenvalue weighted by Crippen LogP contribution is 2.31. The highest BCUT2D eigenvalue weighted by atomic mass is 16.5. The number of aliphatic hydroxyl groups excluding tert-OH is 1. The van der Waals surface area contributed by atoms with E-state index in [0.717, 1.165) is 12.3 Å². The third-order valence-corrected chi connectivity index (χ3v) is 4.10. The fourth-order valence-corrected chi connectivity index (χ4v) is 3.16. The van der Waals surface area contributed by atoms with Crippen molar-refractivity contribution in [3.05, 3.63) is 0 Å². The zero-order chi connectivity index (χ0) is 13.4. The van der Waals surface area contributed by atoms with Gasteiger partial charge in [0.25, 0.3) is 0 Å². The Bertz CT molecular complexity index is 197. The van der Waals surface area contributed by atoms with Gasteiger partial charge in [-0.2, -0.15) is 0 Å². The minimum absolute atomic E-state index is 0.189. The third kappa shape index (κ3) is 6.19. The van der Waals surface area contributed by atoms with Crippen LogP contribution in [0.15, 0.2) is 0 Å². The van der Waals surface area contributed by atoms with E-state index in [1.165, 1.54) is 51.4 Å². The first kappa shape index (κ1) is 16.0. The molecule has 2 nitrogen and oxygen atoms in total. The number of hydrogen-bond acceptors (Lipinski definition) is 2. The SMILES string of the molecule is CCCC[C@@H](O[C@H](C)C[C@@H](C)O)C1CCCCC1. The number of aliphatic hydroxyl groups is 1. The summed E-state index contributed by atoms with van der Waals surface area (Å²) in [6.45, 7) is 6.20. The van der Waals surface area contributed by atoms with Crippen molar-refractivity contribution in [1.82, 2.24) is 0 Å². The van der Waals surface area contributed by atoms with Crippen LogP contribution in [-0.2, 0) is 4.74 Å². The van der Waals surface area contributed by atoms with Crippen molar-refractivity contribution in [2.75, 3.05) is 0 Å². The van der Waals surface area contributed by atoms with Gasteiger partial charge < -0.3 is 9.84 Å². The summed E-state index contributed by atoms with van der Waals surface area (Å²) in [6.07, 6.45) is 11.7. The van der Waals surface area contributed by atoms with E-state index in [0.29, 0.717) is 6.10 Å². The molecule has 0 aromatic carbocycles. The molecule has 1 N–H and O–H groups in total. The molecule has 0 radical (unpaired) electrons. The quantitative estimate of drug-likeness (QED) is 0.701. The second-order valence-corrected chi connectivity index (χ2v) is 6.11. The van der Waals surface area contributed by atoms with Gasteiger partial charge in [0.05, 0.1) is 18.3 Å². The molecule has 108 valence electrons. The Kier molecular flexibility index (Phi) is 7.92. The topological polar surface area (TPSA) is 29.5 Å². The van der Waals surface area contributed by atoms with E-state index in [4.69, 9.17) is 4.74 Å². The van der Waals surface area contributed by atoms with Crippen molar-refractivity contribution in [3.63, 3.8) is 0 Å². The predicted molar refractivity (Wildman–Crippen MR) is 76.7 cm³/mol. The Morgan fingerprint density at radius 3 is 2.39 bits per heavy atom. The van der Waals surface area contributed by atoms with Crippen LogP contribution in [0.2, 0.25) is 0 Å². The molecule has 1 aliphatic carbocycles. The van der Waals surface area contributed by atoms with E-state index in [1.807, 2.05) is 6.92 Å². The van der Waals surface area contributed by atoms with Crippen molar-refractivity contribution in [1.29, 1.82) is 0 Å². The Hall–Kier alpha value is -0.0800. The van der Waals surface area contributed by atoms with Crippen molar-refractivity contribution in [2.24, 2.45) is 5.92 Å². The van der Waals surface area contributed by atoms with Crippen molar-refractivity contribution < 1.29 is 9.84 Å². The first-order chi connectivity index (χ1) is 8.63. The van der Waals surface area contributed by atoms with E-state index in [1.54, 1.807) is 0 Å². The van der Waals surface area contributed by atoms with Gasteiger partial charge in [-0.05, 0) is 45.4 Å². The Balaban J connectivity index is 2.42. The average molecular weight is 256 g/mol. The molecule has 0 unspecified atom stereocenters. The molecule has 18 heavy (non-hydrogen) atoms. The maximum absolute atomic E-state index is 9.44. The predicted octanol–water partition coefficient (Wildman–Crippen LogP) is 4.30. The molecule has 1 aliphatic rings. The minimum Gasteiger partial charge on any atom is -0.393 e. The summed E-state index contributed by atoms with van der Waals surface area (Å²) in [4.78, 5) is 0. The first-order valence-electron chi connectivity index (χ1n) is 7.97. The summed E-state index contributed by atoms with van der Waals surface area (Å²) in [5, 5.41) is 9.44. The van der Waals surface area contributed by atoms with E-state index in [-0.39, 0.29) is 12.2 Å². The van der Waals surface area contributed by atoms with Gasteiger partial charge in [0.15, 0.2) is 0 Å². The minimum atomic E-state index is -0.252. The lowest BCUT2D eigenvalue weighted by molar-refractivity contribution is -0.0622. The zero-order valence-electron chi connectivity index (χ0n) is 12.5. The van der Waals surface area contributed by atoms with E-state index in [9.17, 15) is 5.11 Å². The van der Waals surface area contributed by atoms with E-state index in [2.05, 4.69) is 13.8 Å². The third-order valence-electron chi connectivity index (χ3n) is 4.10. The Morgan fingerprint density at radius 1 is 1.17 bits per heavy atom. The van der Waals surface area contributed by atoms with Gasteiger partial charge in [-0.25, -0.2) is 0 Å². The van der Waals surface area contributed by atoms with Crippen LogP contribution >= 0.6 is 0 Å². The summed E-state index contributed by atoms with van der Waals surface area (Å²) in [6, 6.07) is 0. The molecule has 0 aromatic rings. The number of rotatable bonds is 8. The normalized spacial score (nSPS) is 22.7. The van der Waals surface area contributed by atoms with Crippen molar-refractivity contribution >= 4 is 0 Å². The van der Waals surface area contributed by atoms with E-state index < -0.39 is 0 Å². The fraction of sp³-hybridized carbons (Fsp3) is 1.00. The largest absolute Gasteiger partial charge is 0.393 e. The van der Waals surface area contributed by atoms with Crippen LogP contribution < -0.4 is 0 Å². The molecule has 1 fully saturated rings. The molecular formula is C16H32O2. The molecule has 0 amide bonds. The molecule has 2 heteroatoms. The Labute approximate surface area is 113 Å². The average Bonchev–Trinajstić information content (AvgIpc) is 2.34. The maximum atomic E-state index is 9.44. The molecule has 0 spiro atoms. The molecule has 1 rings (SSSR count). The van der Waals surface area contributed by atoms with Gasteiger partial charge in [-0.1, -0.05) is 39.0 Å². The van der Waals surface area contributed by atoms with Crippen LogP contribution in [0.4, 0.5) is 0 Å². The van der Waals surface area contributed by atoms with Gasteiger partial charge in [0.1, 0.15) is 0 Å². The molecular weight excluding hydrogens is 224 g/mol. The van der Waals surface area contributed by atoms with Crippen LogP contribution in [0, 0.1) is 5.92 Å². The second kappa shape index (κ2) is 8.92. The zero-order valence-corrected chi connectivity index (χ0v) is 12.5. The summed E-state index contributed by atoms with van der Waals surface area (Å²) in [5.74, 6) is 0.766. The van der Waals surface area contributed by atoms with Crippen LogP contribution in [0.5, 0.6) is 0 Å². The van der Waals surface area contributed by atoms with Gasteiger partial charge >= 0.3 is 0 Å². The lowest BCUT2D eigenvalue weighted by Gasteiger charge is -2.32. The maximum Gasteiger partial charge on any atom is 0.0606 e. The number of hydrogen-bond donors (Lipinski definition) is 1.